The van der Waals surface area contributed by atoms with Crippen molar-refractivity contribution in [1.29, 1.82) is 0 Å². The number of ether oxygens (including phenoxy) is 1. The quantitative estimate of drug-likeness (QED) is 0.291. The summed E-state index contributed by atoms with van der Waals surface area (Å²) >= 11 is 0. The molecule has 2 aromatic rings. The maximum absolute atomic E-state index is 13.0. The molecule has 0 spiro atoms. The number of benzene rings is 2. The van der Waals surface area contributed by atoms with Crippen LogP contribution >= 0.6 is 0 Å². The fourth-order valence-corrected chi connectivity index (χ4v) is 5.27. The summed E-state index contributed by atoms with van der Waals surface area (Å²) in [6.07, 6.45) is 4.63. The lowest BCUT2D eigenvalue weighted by molar-refractivity contribution is -0.139. The number of anilines is 2. The number of nitrogens with zero attached hydrogens (tertiary/aromatic N) is 2. The van der Waals surface area contributed by atoms with Crippen LogP contribution in [0.1, 0.15) is 30.9 Å². The zero-order valence-corrected chi connectivity index (χ0v) is 20.1. The number of carbonyl (C=O) groups excluding carboxylic acids is 4. The van der Waals surface area contributed by atoms with Crippen LogP contribution in [0.3, 0.4) is 0 Å². The van der Waals surface area contributed by atoms with Gasteiger partial charge in [-0.1, -0.05) is 25.1 Å². The summed E-state index contributed by atoms with van der Waals surface area (Å²) in [5, 5.41) is 0. The van der Waals surface area contributed by atoms with Gasteiger partial charge < -0.3 is 9.64 Å². The summed E-state index contributed by atoms with van der Waals surface area (Å²) in [7, 11) is 0. The first-order valence-corrected chi connectivity index (χ1v) is 12.0. The van der Waals surface area contributed by atoms with Crippen LogP contribution in [-0.2, 0) is 19.2 Å². The predicted octanol–water partition coefficient (Wildman–Crippen LogP) is 3.96. The van der Waals surface area contributed by atoms with E-state index >= 15 is 0 Å². The van der Waals surface area contributed by atoms with Gasteiger partial charge in [-0.05, 0) is 73.7 Å². The van der Waals surface area contributed by atoms with E-state index in [1.807, 2.05) is 51.1 Å². The van der Waals surface area contributed by atoms with Crippen molar-refractivity contribution in [2.24, 2.45) is 23.7 Å². The summed E-state index contributed by atoms with van der Waals surface area (Å²) in [4.78, 5) is 54.1. The average Bonchev–Trinajstić information content (AvgIpc) is 3.34. The largest absolute Gasteiger partial charge is 0.426 e. The summed E-state index contributed by atoms with van der Waals surface area (Å²) in [6.45, 7) is 6.23. The molecule has 2 aromatic carbocycles. The number of rotatable bonds is 4. The van der Waals surface area contributed by atoms with Crippen molar-refractivity contribution in [1.82, 2.24) is 0 Å². The van der Waals surface area contributed by atoms with Crippen molar-refractivity contribution in [2.45, 2.75) is 33.6 Å². The maximum Gasteiger partial charge on any atom is 0.316 e. The predicted molar refractivity (Wildman–Crippen MR) is 131 cm³/mol. The van der Waals surface area contributed by atoms with Gasteiger partial charge in [-0.15, -0.1) is 0 Å². The first-order chi connectivity index (χ1) is 16.7. The van der Waals surface area contributed by atoms with Crippen molar-refractivity contribution in [3.8, 4) is 5.75 Å². The molecule has 0 unspecified atom stereocenters. The molecular formula is C28H28N2O5. The number of carbonyl (C=O) groups is 4. The molecule has 3 amide bonds. The highest BCUT2D eigenvalue weighted by molar-refractivity contribution is 6.22. The van der Waals surface area contributed by atoms with E-state index in [9.17, 15) is 19.2 Å². The molecule has 2 aliphatic heterocycles. The van der Waals surface area contributed by atoms with Crippen LogP contribution in [0.15, 0.2) is 54.6 Å². The molecule has 0 aromatic heterocycles. The van der Waals surface area contributed by atoms with Crippen LogP contribution in [0.5, 0.6) is 5.75 Å². The SMILES string of the molecule is Cc1ccc(N2C[C@H](C(=O)Oc3ccc(N4C(=O)[C@H]5[C@@H](C)C=CC[C@H]5C4=O)cc3)CC2=O)cc1C. The lowest BCUT2D eigenvalue weighted by Crippen LogP contribution is -2.31. The van der Waals surface area contributed by atoms with Gasteiger partial charge in [-0.3, -0.25) is 24.1 Å². The van der Waals surface area contributed by atoms with Gasteiger partial charge in [-0.25, -0.2) is 0 Å². The zero-order chi connectivity index (χ0) is 24.9. The van der Waals surface area contributed by atoms with Crippen LogP contribution in [0.2, 0.25) is 0 Å². The summed E-state index contributed by atoms with van der Waals surface area (Å²) < 4.78 is 5.54. The highest BCUT2D eigenvalue weighted by atomic mass is 16.5. The Hall–Kier alpha value is -3.74. The van der Waals surface area contributed by atoms with Crippen molar-refractivity contribution in [2.75, 3.05) is 16.3 Å². The van der Waals surface area contributed by atoms with Crippen LogP contribution in [-0.4, -0.2) is 30.2 Å². The highest BCUT2D eigenvalue weighted by Gasteiger charge is 2.50. The molecule has 35 heavy (non-hydrogen) atoms. The number of hydrogen-bond donors (Lipinski definition) is 0. The smallest absolute Gasteiger partial charge is 0.316 e. The standard InChI is InChI=1S/C28H28N2O5/c1-16-7-8-21(13-18(16)3)29-15-19(14-24(29)31)28(34)35-22-11-9-20(10-12-22)30-26(32)23-6-4-5-17(2)25(23)27(30)33/h4-5,7-13,17,19,23,25H,6,14-15H2,1-3H3/t17-,19+,23+,25-/m0/s1. The third-order valence-electron chi connectivity index (χ3n) is 7.45. The van der Waals surface area contributed by atoms with E-state index in [0.717, 1.165) is 16.8 Å². The lowest BCUT2D eigenvalue weighted by atomic mass is 9.78. The van der Waals surface area contributed by atoms with Gasteiger partial charge in [-0.2, -0.15) is 0 Å². The van der Waals surface area contributed by atoms with Crippen molar-refractivity contribution < 1.29 is 23.9 Å². The van der Waals surface area contributed by atoms with E-state index in [-0.39, 0.29) is 48.4 Å². The minimum atomic E-state index is -0.567. The van der Waals surface area contributed by atoms with Crippen LogP contribution < -0.4 is 14.5 Å². The minimum Gasteiger partial charge on any atom is -0.426 e. The van der Waals surface area contributed by atoms with Crippen LogP contribution in [0, 0.1) is 37.5 Å². The first kappa shape index (κ1) is 23.0. The molecule has 4 atom stereocenters. The number of allylic oxidation sites excluding steroid dienone is 2. The summed E-state index contributed by atoms with van der Waals surface area (Å²) in [5.74, 6) is -1.84. The molecule has 2 heterocycles. The molecule has 1 aliphatic carbocycles. The van der Waals surface area contributed by atoms with Gasteiger partial charge in [0, 0.05) is 18.7 Å². The molecule has 5 rings (SSSR count). The molecular weight excluding hydrogens is 444 g/mol. The van der Waals surface area contributed by atoms with E-state index in [1.54, 1.807) is 29.2 Å². The Bertz CT molecular complexity index is 1250. The number of fused-ring (bicyclic) bond motifs is 1. The number of esters is 1. The molecule has 0 N–H and O–H groups in total. The van der Waals surface area contributed by atoms with Gasteiger partial charge in [0.1, 0.15) is 5.75 Å². The minimum absolute atomic E-state index is 0.0212. The van der Waals surface area contributed by atoms with E-state index in [0.29, 0.717) is 17.9 Å². The van der Waals surface area contributed by atoms with E-state index in [4.69, 9.17) is 4.74 Å². The van der Waals surface area contributed by atoms with E-state index < -0.39 is 11.9 Å². The van der Waals surface area contributed by atoms with E-state index in [2.05, 4.69) is 0 Å². The second-order valence-electron chi connectivity index (χ2n) is 9.76. The van der Waals surface area contributed by atoms with Crippen molar-refractivity contribution in [3.05, 3.63) is 65.7 Å². The number of imide groups is 1. The molecule has 7 heteroatoms. The highest BCUT2D eigenvalue weighted by Crippen LogP contribution is 2.40. The Morgan fingerprint density at radius 3 is 2.34 bits per heavy atom. The van der Waals surface area contributed by atoms with Crippen LogP contribution in [0.25, 0.3) is 0 Å². The summed E-state index contributed by atoms with van der Waals surface area (Å²) in [5.41, 5.74) is 3.48. The fourth-order valence-electron chi connectivity index (χ4n) is 5.27. The third-order valence-corrected chi connectivity index (χ3v) is 7.45. The Balaban J connectivity index is 1.25. The van der Waals surface area contributed by atoms with Crippen LogP contribution in [0.4, 0.5) is 11.4 Å². The topological polar surface area (TPSA) is 84.0 Å². The van der Waals surface area contributed by atoms with Gasteiger partial charge in [0.25, 0.3) is 0 Å². The van der Waals surface area contributed by atoms with Crippen molar-refractivity contribution >= 4 is 35.1 Å². The van der Waals surface area contributed by atoms with Gasteiger partial charge >= 0.3 is 5.97 Å². The maximum atomic E-state index is 13.0. The van der Waals surface area contributed by atoms with Gasteiger partial charge in [0.05, 0.1) is 23.4 Å². The van der Waals surface area contributed by atoms with Gasteiger partial charge in [0.15, 0.2) is 0 Å². The zero-order valence-electron chi connectivity index (χ0n) is 20.1. The number of aryl methyl sites for hydroxylation is 2. The fraction of sp³-hybridized carbons (Fsp3) is 0.357. The summed E-state index contributed by atoms with van der Waals surface area (Å²) in [6, 6.07) is 12.2. The van der Waals surface area contributed by atoms with E-state index in [1.165, 1.54) is 4.90 Å². The van der Waals surface area contributed by atoms with Crippen molar-refractivity contribution in [3.63, 3.8) is 0 Å². The molecule has 0 radical (unpaired) electrons. The lowest BCUT2D eigenvalue weighted by Gasteiger charge is -2.22. The monoisotopic (exact) mass is 472 g/mol. The molecule has 0 saturated carbocycles. The normalized spacial score (nSPS) is 25.9. The Morgan fingerprint density at radius 2 is 1.66 bits per heavy atom. The third kappa shape index (κ3) is 4.05. The molecule has 3 aliphatic rings. The Kier molecular flexibility index (Phi) is 5.79. The molecule has 7 nitrogen and oxygen atoms in total. The Labute approximate surface area is 204 Å². The molecule has 180 valence electrons. The second-order valence-corrected chi connectivity index (χ2v) is 9.76. The number of hydrogen-bond acceptors (Lipinski definition) is 5. The molecule has 0 bridgehead atoms. The Morgan fingerprint density at radius 1 is 0.943 bits per heavy atom. The molecule has 2 saturated heterocycles. The van der Waals surface area contributed by atoms with Gasteiger partial charge in [0.2, 0.25) is 17.7 Å². The molecule has 2 fully saturated rings. The second kappa shape index (κ2) is 8.80. The number of amides is 3. The first-order valence-electron chi connectivity index (χ1n) is 12.0. The average molecular weight is 473 g/mol.